The number of nitrogens with zero attached hydrogens (tertiary/aromatic N) is 2. The monoisotopic (exact) mass is 264 g/mol. The Balaban J connectivity index is 2.61. The Bertz CT molecular complexity index is 634. The van der Waals surface area contributed by atoms with Crippen molar-refractivity contribution in [3.8, 4) is 5.69 Å². The number of carboxylic acids is 1. The molecule has 0 atom stereocenters. The van der Waals surface area contributed by atoms with Gasteiger partial charge in [-0.3, -0.25) is 4.79 Å². The molecule has 0 saturated heterocycles. The number of hydrogen-bond acceptors (Lipinski definition) is 3. The molecule has 0 bridgehead atoms. The summed E-state index contributed by atoms with van der Waals surface area (Å²) in [4.78, 5) is 21.7. The smallest absolute Gasteiger partial charge is 0.357 e. The number of aromatic carboxylic acids is 1. The molecule has 1 aromatic carbocycles. The predicted molar refractivity (Wildman–Crippen MR) is 65.7 cm³/mol. The molecule has 0 unspecified atom stereocenters. The van der Waals surface area contributed by atoms with Gasteiger partial charge in [0.1, 0.15) is 0 Å². The number of rotatable bonds is 3. The van der Waals surface area contributed by atoms with E-state index < -0.39 is 5.97 Å². The molecule has 0 aliphatic heterocycles. The third kappa shape index (κ3) is 2.12. The van der Waals surface area contributed by atoms with Crippen LogP contribution in [-0.4, -0.2) is 27.1 Å². The van der Waals surface area contributed by atoms with E-state index in [0.29, 0.717) is 17.0 Å². The van der Waals surface area contributed by atoms with E-state index in [-0.39, 0.29) is 11.3 Å². The van der Waals surface area contributed by atoms with Crippen LogP contribution < -0.4 is 0 Å². The van der Waals surface area contributed by atoms with E-state index in [1.165, 1.54) is 10.9 Å². The van der Waals surface area contributed by atoms with Crippen LogP contribution in [0.3, 0.4) is 0 Å². The van der Waals surface area contributed by atoms with Crippen LogP contribution in [0.4, 0.5) is 0 Å². The highest BCUT2D eigenvalue weighted by Crippen LogP contribution is 2.20. The van der Waals surface area contributed by atoms with Gasteiger partial charge in [0.25, 0.3) is 0 Å². The Kier molecular flexibility index (Phi) is 3.16. The zero-order chi connectivity index (χ0) is 13.3. The number of aryl methyl sites for hydroxylation is 1. The summed E-state index contributed by atoms with van der Waals surface area (Å²) in [6, 6.07) is 5.17. The first-order valence-electron chi connectivity index (χ1n) is 5.07. The highest BCUT2D eigenvalue weighted by Gasteiger charge is 2.16. The highest BCUT2D eigenvalue weighted by molar-refractivity contribution is 6.30. The van der Waals surface area contributed by atoms with Crippen molar-refractivity contribution >= 4 is 23.9 Å². The second-order valence-electron chi connectivity index (χ2n) is 3.73. The van der Waals surface area contributed by atoms with Crippen LogP contribution >= 0.6 is 11.6 Å². The number of carbonyl (C=O) groups excluding carboxylic acids is 1. The van der Waals surface area contributed by atoms with Gasteiger partial charge >= 0.3 is 5.97 Å². The number of aldehydes is 1. The standard InChI is InChI=1S/C12H9ClN2O3/c1-7-2-3-9(13)4-10(7)15-5-8(6-16)11(14-15)12(17)18/h2-6H,1H3,(H,17,18). The summed E-state index contributed by atoms with van der Waals surface area (Å²) in [7, 11) is 0. The van der Waals surface area contributed by atoms with Crippen LogP contribution in [0.25, 0.3) is 5.69 Å². The summed E-state index contributed by atoms with van der Waals surface area (Å²) in [6.45, 7) is 1.84. The van der Waals surface area contributed by atoms with E-state index in [9.17, 15) is 9.59 Å². The van der Waals surface area contributed by atoms with Crippen molar-refractivity contribution in [3.05, 3.63) is 46.2 Å². The molecule has 1 aromatic heterocycles. The van der Waals surface area contributed by atoms with Crippen LogP contribution in [0.15, 0.2) is 24.4 Å². The van der Waals surface area contributed by atoms with E-state index in [1.54, 1.807) is 18.2 Å². The van der Waals surface area contributed by atoms with E-state index in [4.69, 9.17) is 16.7 Å². The van der Waals surface area contributed by atoms with Crippen molar-refractivity contribution in [3.63, 3.8) is 0 Å². The number of carbonyl (C=O) groups is 2. The van der Waals surface area contributed by atoms with Gasteiger partial charge in [0.05, 0.1) is 11.3 Å². The summed E-state index contributed by atoms with van der Waals surface area (Å²) < 4.78 is 1.34. The zero-order valence-electron chi connectivity index (χ0n) is 9.42. The lowest BCUT2D eigenvalue weighted by atomic mass is 10.2. The fourth-order valence-corrected chi connectivity index (χ4v) is 1.76. The topological polar surface area (TPSA) is 72.2 Å². The summed E-state index contributed by atoms with van der Waals surface area (Å²) in [5.41, 5.74) is 1.26. The number of hydrogen-bond donors (Lipinski definition) is 1. The molecule has 0 fully saturated rings. The molecule has 0 radical (unpaired) electrons. The largest absolute Gasteiger partial charge is 0.476 e. The number of halogens is 1. The lowest BCUT2D eigenvalue weighted by Crippen LogP contribution is -2.03. The molecular formula is C12H9ClN2O3. The maximum absolute atomic E-state index is 10.9. The minimum absolute atomic E-state index is 0.0295. The van der Waals surface area contributed by atoms with Gasteiger partial charge in [0, 0.05) is 11.2 Å². The molecule has 2 rings (SSSR count). The SMILES string of the molecule is Cc1ccc(Cl)cc1-n1cc(C=O)c(C(=O)O)n1. The van der Waals surface area contributed by atoms with Crippen LogP contribution in [0.5, 0.6) is 0 Å². The van der Waals surface area contributed by atoms with E-state index in [0.717, 1.165) is 5.56 Å². The molecule has 0 spiro atoms. The van der Waals surface area contributed by atoms with Crippen molar-refractivity contribution in [2.45, 2.75) is 6.92 Å². The summed E-state index contributed by atoms with van der Waals surface area (Å²) in [6.07, 6.45) is 1.84. The molecule has 5 nitrogen and oxygen atoms in total. The maximum Gasteiger partial charge on any atom is 0.357 e. The molecule has 1 N–H and O–H groups in total. The molecule has 0 saturated carbocycles. The van der Waals surface area contributed by atoms with Crippen molar-refractivity contribution in [1.29, 1.82) is 0 Å². The fraction of sp³-hybridized carbons (Fsp3) is 0.0833. The minimum atomic E-state index is -1.24. The van der Waals surface area contributed by atoms with Gasteiger partial charge in [0.2, 0.25) is 0 Å². The first-order valence-corrected chi connectivity index (χ1v) is 5.45. The van der Waals surface area contributed by atoms with Crippen LogP contribution in [0, 0.1) is 6.92 Å². The second-order valence-corrected chi connectivity index (χ2v) is 4.17. The number of aromatic nitrogens is 2. The average Bonchev–Trinajstić information content (AvgIpc) is 2.76. The van der Waals surface area contributed by atoms with Crippen molar-refractivity contribution in [1.82, 2.24) is 9.78 Å². The molecule has 0 aliphatic carbocycles. The lowest BCUT2D eigenvalue weighted by Gasteiger charge is -2.05. The quantitative estimate of drug-likeness (QED) is 0.864. The summed E-state index contributed by atoms with van der Waals surface area (Å²) in [5, 5.41) is 13.3. The van der Waals surface area contributed by atoms with Crippen LogP contribution in [0.1, 0.15) is 26.4 Å². The Hall–Kier alpha value is -2.14. The predicted octanol–water partition coefficient (Wildman–Crippen LogP) is 2.34. The van der Waals surface area contributed by atoms with E-state index >= 15 is 0 Å². The lowest BCUT2D eigenvalue weighted by molar-refractivity contribution is 0.0687. The summed E-state index contributed by atoms with van der Waals surface area (Å²) in [5.74, 6) is -1.24. The molecular weight excluding hydrogens is 256 g/mol. The van der Waals surface area contributed by atoms with Crippen molar-refractivity contribution in [2.75, 3.05) is 0 Å². The van der Waals surface area contributed by atoms with Crippen molar-refractivity contribution < 1.29 is 14.7 Å². The molecule has 0 aliphatic rings. The van der Waals surface area contributed by atoms with Gasteiger partial charge in [-0.05, 0) is 24.6 Å². The molecule has 92 valence electrons. The van der Waals surface area contributed by atoms with Crippen molar-refractivity contribution in [2.24, 2.45) is 0 Å². The highest BCUT2D eigenvalue weighted by atomic mass is 35.5. The van der Waals surface area contributed by atoms with Crippen LogP contribution in [0.2, 0.25) is 5.02 Å². The first-order chi connectivity index (χ1) is 8.52. The normalized spacial score (nSPS) is 10.3. The van der Waals surface area contributed by atoms with Gasteiger partial charge in [-0.2, -0.15) is 5.10 Å². The van der Waals surface area contributed by atoms with E-state index in [2.05, 4.69) is 5.10 Å². The van der Waals surface area contributed by atoms with Gasteiger partial charge in [-0.1, -0.05) is 17.7 Å². The number of carboxylic acid groups (broad SMARTS) is 1. The molecule has 0 amide bonds. The zero-order valence-corrected chi connectivity index (χ0v) is 10.2. The Morgan fingerprint density at radius 2 is 2.22 bits per heavy atom. The Morgan fingerprint density at radius 3 is 2.78 bits per heavy atom. The third-order valence-electron chi connectivity index (χ3n) is 2.49. The fourth-order valence-electron chi connectivity index (χ4n) is 1.59. The third-order valence-corrected chi connectivity index (χ3v) is 2.73. The molecule has 2 aromatic rings. The molecule has 18 heavy (non-hydrogen) atoms. The average molecular weight is 265 g/mol. The molecule has 1 heterocycles. The van der Waals surface area contributed by atoms with Gasteiger partial charge in [-0.15, -0.1) is 0 Å². The Morgan fingerprint density at radius 1 is 1.50 bits per heavy atom. The minimum Gasteiger partial charge on any atom is -0.476 e. The van der Waals surface area contributed by atoms with E-state index in [1.807, 2.05) is 6.92 Å². The maximum atomic E-state index is 10.9. The van der Waals surface area contributed by atoms with Gasteiger partial charge < -0.3 is 5.11 Å². The number of benzene rings is 1. The second kappa shape index (κ2) is 4.62. The Labute approximate surface area is 108 Å². The first kappa shape index (κ1) is 12.3. The van der Waals surface area contributed by atoms with Gasteiger partial charge in [-0.25, -0.2) is 9.48 Å². The summed E-state index contributed by atoms with van der Waals surface area (Å²) >= 11 is 5.88. The van der Waals surface area contributed by atoms with Gasteiger partial charge in [0.15, 0.2) is 12.0 Å². The van der Waals surface area contributed by atoms with Crippen LogP contribution in [-0.2, 0) is 0 Å². The molecule has 6 heteroatoms.